The van der Waals surface area contributed by atoms with Gasteiger partial charge in [0.15, 0.2) is 0 Å². The molecule has 0 spiro atoms. The second-order valence-corrected chi connectivity index (χ2v) is 8.39. The molecule has 1 unspecified atom stereocenters. The van der Waals surface area contributed by atoms with E-state index in [-0.39, 0.29) is 5.91 Å². The molecule has 1 aliphatic carbocycles. The van der Waals surface area contributed by atoms with Crippen molar-refractivity contribution < 1.29 is 4.79 Å². The van der Waals surface area contributed by atoms with E-state index in [0.29, 0.717) is 23.3 Å². The molecule has 1 atom stereocenters. The fraction of sp³-hybridized carbons (Fsp3) is 0.474. The van der Waals surface area contributed by atoms with Crippen molar-refractivity contribution in [2.75, 3.05) is 18.0 Å². The minimum Gasteiger partial charge on any atom is -0.398 e. The molecule has 1 aromatic carbocycles. The number of amides is 1. The number of benzene rings is 1. The van der Waals surface area contributed by atoms with Crippen molar-refractivity contribution in [1.29, 1.82) is 0 Å². The molecule has 1 amide bonds. The van der Waals surface area contributed by atoms with E-state index in [1.807, 2.05) is 30.0 Å². The van der Waals surface area contributed by atoms with E-state index in [1.165, 1.54) is 38.3 Å². The number of nitrogens with one attached hydrogen (secondary N) is 2. The predicted octanol–water partition coefficient (Wildman–Crippen LogP) is 4.43. The first-order valence-electron chi connectivity index (χ1n) is 9.08. The van der Waals surface area contributed by atoms with Gasteiger partial charge in [-0.3, -0.25) is 9.89 Å². The minimum absolute atomic E-state index is 0.101. The molecule has 1 aliphatic rings. The normalized spacial score (nSPS) is 16.3. The molecule has 140 valence electrons. The number of hydrogen-bond donors (Lipinski definition) is 3. The largest absolute Gasteiger partial charge is 0.398 e. The fourth-order valence-corrected chi connectivity index (χ4v) is 5.12. The van der Waals surface area contributed by atoms with Gasteiger partial charge >= 0.3 is 0 Å². The van der Waals surface area contributed by atoms with Crippen LogP contribution in [0.4, 0.5) is 5.69 Å². The average molecular weight is 393 g/mol. The highest BCUT2D eigenvalue weighted by molar-refractivity contribution is 7.99. The lowest BCUT2D eigenvalue weighted by Crippen LogP contribution is -2.26. The van der Waals surface area contributed by atoms with Crippen molar-refractivity contribution in [2.45, 2.75) is 37.4 Å². The summed E-state index contributed by atoms with van der Waals surface area (Å²) in [6, 6.07) is 5.75. The third-order valence-electron chi connectivity index (χ3n) is 4.88. The van der Waals surface area contributed by atoms with Crippen molar-refractivity contribution in [3.05, 3.63) is 46.7 Å². The van der Waals surface area contributed by atoms with Crippen molar-refractivity contribution in [3.63, 3.8) is 0 Å². The van der Waals surface area contributed by atoms with Crippen LogP contribution in [0.25, 0.3) is 0 Å². The molecule has 5 nitrogen and oxygen atoms in total. The van der Waals surface area contributed by atoms with E-state index in [0.717, 1.165) is 22.0 Å². The summed E-state index contributed by atoms with van der Waals surface area (Å²) in [5, 5.41) is 10.4. The lowest BCUT2D eigenvalue weighted by Gasteiger charge is -2.31. The second kappa shape index (κ2) is 9.33. The molecule has 1 aromatic heterocycles. The lowest BCUT2D eigenvalue weighted by molar-refractivity contribution is 0.0956. The molecule has 1 fully saturated rings. The van der Waals surface area contributed by atoms with Crippen molar-refractivity contribution in [3.8, 4) is 0 Å². The second-order valence-electron chi connectivity index (χ2n) is 6.71. The number of aromatic amines is 1. The van der Waals surface area contributed by atoms with Gasteiger partial charge in [0.05, 0.1) is 11.8 Å². The number of rotatable bonds is 7. The third kappa shape index (κ3) is 4.95. The quantitative estimate of drug-likeness (QED) is 0.480. The Hall–Kier alpha value is -1.66. The summed E-state index contributed by atoms with van der Waals surface area (Å²) in [4.78, 5) is 12.0. The van der Waals surface area contributed by atoms with Gasteiger partial charge in [0.1, 0.15) is 0 Å². The molecule has 1 heterocycles. The van der Waals surface area contributed by atoms with Crippen LogP contribution in [0.15, 0.2) is 30.6 Å². The number of H-pyrrole nitrogens is 1. The van der Waals surface area contributed by atoms with Crippen LogP contribution in [0.3, 0.4) is 0 Å². The number of hydrogen-bond acceptors (Lipinski definition) is 4. The van der Waals surface area contributed by atoms with Crippen molar-refractivity contribution in [2.24, 2.45) is 5.92 Å². The zero-order valence-electron chi connectivity index (χ0n) is 14.7. The van der Waals surface area contributed by atoms with Crippen LogP contribution < -0.4 is 11.1 Å². The number of nitrogens with two attached hydrogens (primary N) is 1. The van der Waals surface area contributed by atoms with Gasteiger partial charge in [-0.2, -0.15) is 16.9 Å². The zero-order chi connectivity index (χ0) is 18.4. The summed E-state index contributed by atoms with van der Waals surface area (Å²) >= 11 is 8.10. The van der Waals surface area contributed by atoms with Gasteiger partial charge in [0.2, 0.25) is 0 Å². The molecule has 26 heavy (non-hydrogen) atoms. The highest BCUT2D eigenvalue weighted by atomic mass is 35.5. The molecule has 0 saturated heterocycles. The summed E-state index contributed by atoms with van der Waals surface area (Å²) in [5.74, 6) is 1.34. The topological polar surface area (TPSA) is 83.8 Å². The zero-order valence-corrected chi connectivity index (χ0v) is 16.3. The fourth-order valence-electron chi connectivity index (χ4n) is 3.54. The SMILES string of the molecule is Nc1ccc(Cl)cc1C(SCCNC(=O)c1cn[nH]c1)C1CCCCC1. The number of aromatic nitrogens is 2. The molecule has 7 heteroatoms. The van der Waals surface area contributed by atoms with Gasteiger partial charge in [0.25, 0.3) is 5.91 Å². The number of nitrogens with zero attached hydrogens (tertiary/aromatic N) is 1. The first kappa shape index (κ1) is 19.1. The number of halogens is 1. The summed E-state index contributed by atoms with van der Waals surface area (Å²) in [6.07, 6.45) is 9.45. The number of nitrogen functional groups attached to an aromatic ring is 1. The van der Waals surface area contributed by atoms with E-state index < -0.39 is 0 Å². The van der Waals surface area contributed by atoms with Crippen LogP contribution in [-0.2, 0) is 0 Å². The summed E-state index contributed by atoms with van der Waals surface area (Å²) in [6.45, 7) is 0.609. The summed E-state index contributed by atoms with van der Waals surface area (Å²) in [5.41, 5.74) is 8.76. The van der Waals surface area contributed by atoms with Crippen LogP contribution in [0.5, 0.6) is 0 Å². The Morgan fingerprint density at radius 3 is 2.92 bits per heavy atom. The molecule has 4 N–H and O–H groups in total. The lowest BCUT2D eigenvalue weighted by atomic mass is 9.84. The van der Waals surface area contributed by atoms with Gasteiger partial charge in [-0.1, -0.05) is 30.9 Å². The maximum Gasteiger partial charge on any atom is 0.254 e. The average Bonchev–Trinajstić information content (AvgIpc) is 3.19. The molecule has 0 aliphatic heterocycles. The molecule has 3 rings (SSSR count). The molecule has 0 bridgehead atoms. The molecular formula is C19H25ClN4OS. The first-order chi connectivity index (χ1) is 12.6. The number of thioether (sulfide) groups is 1. The van der Waals surface area contributed by atoms with Gasteiger partial charge < -0.3 is 11.1 Å². The van der Waals surface area contributed by atoms with E-state index in [1.54, 1.807) is 6.20 Å². The van der Waals surface area contributed by atoms with Crippen LogP contribution in [0, 0.1) is 5.92 Å². The van der Waals surface area contributed by atoms with Crippen molar-refractivity contribution in [1.82, 2.24) is 15.5 Å². The van der Waals surface area contributed by atoms with Crippen LogP contribution in [0.1, 0.15) is 53.3 Å². The van der Waals surface area contributed by atoms with Crippen molar-refractivity contribution >= 4 is 35.0 Å². The molecular weight excluding hydrogens is 368 g/mol. The van der Waals surface area contributed by atoms with Crippen LogP contribution in [-0.4, -0.2) is 28.4 Å². The smallest absolute Gasteiger partial charge is 0.254 e. The van der Waals surface area contributed by atoms with Crippen LogP contribution >= 0.6 is 23.4 Å². The van der Waals surface area contributed by atoms with E-state index in [2.05, 4.69) is 15.5 Å². The third-order valence-corrected chi connectivity index (χ3v) is 6.55. The maximum atomic E-state index is 12.0. The Balaban J connectivity index is 1.62. The first-order valence-corrected chi connectivity index (χ1v) is 10.5. The highest BCUT2D eigenvalue weighted by Gasteiger charge is 2.27. The Kier molecular flexibility index (Phi) is 6.86. The van der Waals surface area contributed by atoms with Gasteiger partial charge in [-0.25, -0.2) is 0 Å². The monoisotopic (exact) mass is 392 g/mol. The summed E-state index contributed by atoms with van der Waals surface area (Å²) in [7, 11) is 0. The minimum atomic E-state index is -0.101. The van der Waals surface area contributed by atoms with Gasteiger partial charge in [-0.05, 0) is 42.5 Å². The number of carbonyl (C=O) groups excluding carboxylic acids is 1. The standard InChI is InChI=1S/C19H25ClN4OS/c20-15-6-7-17(21)16(10-15)18(13-4-2-1-3-5-13)26-9-8-22-19(25)14-11-23-24-12-14/h6-7,10-13,18H,1-5,8-9,21H2,(H,22,25)(H,23,24). The highest BCUT2D eigenvalue weighted by Crippen LogP contribution is 2.45. The van der Waals surface area contributed by atoms with E-state index >= 15 is 0 Å². The molecule has 2 aromatic rings. The predicted molar refractivity (Wildman–Crippen MR) is 109 cm³/mol. The Labute approximate surface area is 163 Å². The van der Waals surface area contributed by atoms with Gasteiger partial charge in [0, 0.05) is 34.5 Å². The molecule has 1 saturated carbocycles. The Bertz CT molecular complexity index is 716. The Morgan fingerprint density at radius 2 is 2.19 bits per heavy atom. The number of anilines is 1. The maximum absolute atomic E-state index is 12.0. The Morgan fingerprint density at radius 1 is 1.38 bits per heavy atom. The summed E-state index contributed by atoms with van der Waals surface area (Å²) < 4.78 is 0. The van der Waals surface area contributed by atoms with E-state index in [4.69, 9.17) is 17.3 Å². The number of carbonyl (C=O) groups is 1. The molecule has 0 radical (unpaired) electrons. The van der Waals surface area contributed by atoms with Crippen LogP contribution in [0.2, 0.25) is 5.02 Å². The van der Waals surface area contributed by atoms with E-state index in [9.17, 15) is 4.79 Å². The van der Waals surface area contributed by atoms with Gasteiger partial charge in [-0.15, -0.1) is 0 Å².